The lowest BCUT2D eigenvalue weighted by atomic mass is 10.1. The van der Waals surface area contributed by atoms with Gasteiger partial charge in [0, 0.05) is 43.1 Å². The largest absolute Gasteiger partial charge is 0.340 e. The average molecular weight is 393 g/mol. The van der Waals surface area contributed by atoms with Crippen LogP contribution in [-0.2, 0) is 11.2 Å². The van der Waals surface area contributed by atoms with Gasteiger partial charge in [0.2, 0.25) is 5.91 Å². The van der Waals surface area contributed by atoms with Gasteiger partial charge in [-0.1, -0.05) is 40.9 Å². The van der Waals surface area contributed by atoms with Crippen LogP contribution in [0, 0.1) is 0 Å². The van der Waals surface area contributed by atoms with Gasteiger partial charge < -0.3 is 4.90 Å². The van der Waals surface area contributed by atoms with Gasteiger partial charge >= 0.3 is 0 Å². The van der Waals surface area contributed by atoms with Crippen molar-refractivity contribution in [2.24, 2.45) is 0 Å². The van der Waals surface area contributed by atoms with Crippen LogP contribution >= 0.6 is 15.9 Å². The van der Waals surface area contributed by atoms with Crippen molar-refractivity contribution < 1.29 is 4.79 Å². The molecule has 1 saturated carbocycles. The van der Waals surface area contributed by atoms with Crippen LogP contribution in [0.25, 0.3) is 0 Å². The van der Waals surface area contributed by atoms with Gasteiger partial charge in [0.25, 0.3) is 0 Å². The van der Waals surface area contributed by atoms with Crippen LogP contribution in [0.5, 0.6) is 0 Å². The van der Waals surface area contributed by atoms with Crippen LogP contribution in [-0.4, -0.2) is 47.9 Å². The molecule has 1 heterocycles. The molecule has 0 unspecified atom stereocenters. The van der Waals surface area contributed by atoms with Gasteiger partial charge in [-0.25, -0.2) is 0 Å². The molecule has 1 amide bonds. The van der Waals surface area contributed by atoms with Crippen molar-refractivity contribution in [1.82, 2.24) is 9.80 Å². The topological polar surface area (TPSA) is 23.6 Å². The minimum atomic E-state index is 0.358. The smallest absolute Gasteiger partial charge is 0.222 e. The number of carbonyl (C=O) groups is 1. The van der Waals surface area contributed by atoms with E-state index in [4.69, 9.17) is 0 Å². The first-order valence-electron chi connectivity index (χ1n) is 9.48. The Balaban J connectivity index is 1.31. The summed E-state index contributed by atoms with van der Waals surface area (Å²) < 4.78 is 1.12. The standard InChI is InChI=1S/C20H29BrN2O/c21-18-11-9-17(10-12-18)5-1-4-8-20(24)23-15-13-22(14-16-23)19-6-2-3-7-19/h9-12,19H,1-8,13-16H2. The first-order chi connectivity index (χ1) is 11.7. The van der Waals surface area contributed by atoms with Crippen molar-refractivity contribution in [2.45, 2.75) is 57.4 Å². The van der Waals surface area contributed by atoms with Crippen molar-refractivity contribution in [3.63, 3.8) is 0 Å². The molecule has 0 radical (unpaired) electrons. The second kappa shape index (κ2) is 9.00. The molecule has 4 heteroatoms. The van der Waals surface area contributed by atoms with E-state index in [9.17, 15) is 4.79 Å². The number of halogens is 1. The van der Waals surface area contributed by atoms with E-state index in [0.717, 1.165) is 56.0 Å². The molecule has 1 aliphatic carbocycles. The summed E-state index contributed by atoms with van der Waals surface area (Å²) in [4.78, 5) is 17.1. The molecule has 0 N–H and O–H groups in total. The van der Waals surface area contributed by atoms with E-state index in [1.54, 1.807) is 0 Å². The first kappa shape index (κ1) is 17.9. The minimum Gasteiger partial charge on any atom is -0.340 e. The van der Waals surface area contributed by atoms with Crippen molar-refractivity contribution in [3.05, 3.63) is 34.3 Å². The van der Waals surface area contributed by atoms with E-state index in [1.807, 2.05) is 0 Å². The number of rotatable bonds is 6. The highest BCUT2D eigenvalue weighted by atomic mass is 79.9. The third-order valence-electron chi connectivity index (χ3n) is 5.53. The molecule has 3 rings (SSSR count). The van der Waals surface area contributed by atoms with Crippen LogP contribution in [0.3, 0.4) is 0 Å². The highest BCUT2D eigenvalue weighted by molar-refractivity contribution is 9.10. The molecule has 0 aromatic heterocycles. The zero-order chi connectivity index (χ0) is 16.8. The van der Waals surface area contributed by atoms with Gasteiger partial charge in [-0.3, -0.25) is 9.69 Å². The van der Waals surface area contributed by atoms with Crippen molar-refractivity contribution in [2.75, 3.05) is 26.2 Å². The zero-order valence-corrected chi connectivity index (χ0v) is 16.1. The Kier molecular flexibility index (Phi) is 6.73. The molecule has 0 atom stereocenters. The van der Waals surface area contributed by atoms with Crippen LogP contribution in [0.4, 0.5) is 0 Å². The number of nitrogens with zero attached hydrogens (tertiary/aromatic N) is 2. The maximum absolute atomic E-state index is 12.4. The molecule has 0 bridgehead atoms. The Bertz CT molecular complexity index is 517. The van der Waals surface area contributed by atoms with E-state index in [2.05, 4.69) is 50.0 Å². The van der Waals surface area contributed by atoms with Crippen LogP contribution in [0.1, 0.15) is 50.5 Å². The summed E-state index contributed by atoms with van der Waals surface area (Å²) in [6.45, 7) is 4.02. The monoisotopic (exact) mass is 392 g/mol. The Morgan fingerprint density at radius 2 is 1.67 bits per heavy atom. The lowest BCUT2D eigenvalue weighted by molar-refractivity contribution is -0.133. The maximum atomic E-state index is 12.4. The normalized spacial score (nSPS) is 19.8. The molecular weight excluding hydrogens is 364 g/mol. The third-order valence-corrected chi connectivity index (χ3v) is 6.06. The van der Waals surface area contributed by atoms with E-state index in [-0.39, 0.29) is 0 Å². The highest BCUT2D eigenvalue weighted by Crippen LogP contribution is 2.24. The summed E-state index contributed by atoms with van der Waals surface area (Å²) in [7, 11) is 0. The third kappa shape index (κ3) is 5.06. The van der Waals surface area contributed by atoms with Crippen molar-refractivity contribution in [1.29, 1.82) is 0 Å². The molecule has 2 aliphatic rings. The Labute approximate surface area is 154 Å². The minimum absolute atomic E-state index is 0.358. The van der Waals surface area contributed by atoms with E-state index in [1.165, 1.54) is 31.2 Å². The number of benzene rings is 1. The van der Waals surface area contributed by atoms with Gasteiger partial charge in [0.1, 0.15) is 0 Å². The molecule has 1 aliphatic heterocycles. The summed E-state index contributed by atoms with van der Waals surface area (Å²) in [5.74, 6) is 0.358. The van der Waals surface area contributed by atoms with Crippen LogP contribution < -0.4 is 0 Å². The number of hydrogen-bond acceptors (Lipinski definition) is 2. The second-order valence-corrected chi connectivity index (χ2v) is 8.10. The molecule has 2 fully saturated rings. The molecule has 1 saturated heterocycles. The Morgan fingerprint density at radius 1 is 1.00 bits per heavy atom. The average Bonchev–Trinajstić information content (AvgIpc) is 3.15. The molecule has 0 spiro atoms. The molecule has 3 nitrogen and oxygen atoms in total. The van der Waals surface area contributed by atoms with E-state index >= 15 is 0 Å². The van der Waals surface area contributed by atoms with Gasteiger partial charge in [-0.2, -0.15) is 0 Å². The van der Waals surface area contributed by atoms with E-state index in [0.29, 0.717) is 12.3 Å². The molecule has 1 aromatic rings. The van der Waals surface area contributed by atoms with Crippen LogP contribution in [0.15, 0.2) is 28.7 Å². The Morgan fingerprint density at radius 3 is 2.33 bits per heavy atom. The van der Waals surface area contributed by atoms with Gasteiger partial charge in [0.15, 0.2) is 0 Å². The summed E-state index contributed by atoms with van der Waals surface area (Å²) in [5, 5.41) is 0. The lowest BCUT2D eigenvalue weighted by Gasteiger charge is -2.38. The number of unbranched alkanes of at least 4 members (excludes halogenated alkanes) is 1. The van der Waals surface area contributed by atoms with Gasteiger partial charge in [-0.05, 0) is 49.8 Å². The summed E-state index contributed by atoms with van der Waals surface area (Å²) >= 11 is 3.46. The molecular formula is C20H29BrN2O. The quantitative estimate of drug-likeness (QED) is 0.675. The van der Waals surface area contributed by atoms with Gasteiger partial charge in [0.05, 0.1) is 0 Å². The number of piperazine rings is 1. The molecule has 1 aromatic carbocycles. The zero-order valence-electron chi connectivity index (χ0n) is 14.6. The lowest BCUT2D eigenvalue weighted by Crippen LogP contribution is -2.51. The SMILES string of the molecule is O=C(CCCCc1ccc(Br)cc1)N1CCN(C2CCCC2)CC1. The fraction of sp³-hybridized carbons (Fsp3) is 0.650. The van der Waals surface area contributed by atoms with E-state index < -0.39 is 0 Å². The number of aryl methyl sites for hydroxylation is 1. The molecule has 24 heavy (non-hydrogen) atoms. The fourth-order valence-electron chi connectivity index (χ4n) is 4.02. The van der Waals surface area contributed by atoms with Crippen molar-refractivity contribution in [3.8, 4) is 0 Å². The number of carbonyl (C=O) groups excluding carboxylic acids is 1. The van der Waals surface area contributed by atoms with Crippen LogP contribution in [0.2, 0.25) is 0 Å². The maximum Gasteiger partial charge on any atom is 0.222 e. The molecule has 132 valence electrons. The Hall–Kier alpha value is -0.870. The predicted molar refractivity (Wildman–Crippen MR) is 102 cm³/mol. The number of hydrogen-bond donors (Lipinski definition) is 0. The second-order valence-electron chi connectivity index (χ2n) is 7.19. The highest BCUT2D eigenvalue weighted by Gasteiger charge is 2.27. The van der Waals surface area contributed by atoms with Crippen molar-refractivity contribution >= 4 is 21.8 Å². The number of amides is 1. The fourth-order valence-corrected chi connectivity index (χ4v) is 4.28. The predicted octanol–water partition coefficient (Wildman–Crippen LogP) is 4.25. The summed E-state index contributed by atoms with van der Waals surface area (Å²) in [6, 6.07) is 9.30. The summed E-state index contributed by atoms with van der Waals surface area (Å²) in [6.07, 6.45) is 9.38. The summed E-state index contributed by atoms with van der Waals surface area (Å²) in [5.41, 5.74) is 1.36. The first-order valence-corrected chi connectivity index (χ1v) is 10.3. The van der Waals surface area contributed by atoms with Gasteiger partial charge in [-0.15, -0.1) is 0 Å².